The van der Waals surface area contributed by atoms with Gasteiger partial charge in [0.1, 0.15) is 5.76 Å². The first-order chi connectivity index (χ1) is 8.28. The summed E-state index contributed by atoms with van der Waals surface area (Å²) in [5.74, 6) is 2.00. The minimum absolute atomic E-state index is 0.0787. The molecule has 1 atom stereocenters. The number of amides is 1. The van der Waals surface area contributed by atoms with Crippen LogP contribution in [0.1, 0.15) is 31.4 Å². The van der Waals surface area contributed by atoms with Gasteiger partial charge >= 0.3 is 0 Å². The van der Waals surface area contributed by atoms with Crippen LogP contribution in [0.25, 0.3) is 0 Å². The van der Waals surface area contributed by atoms with E-state index in [1.165, 1.54) is 0 Å². The van der Waals surface area contributed by atoms with Crippen molar-refractivity contribution in [1.29, 1.82) is 0 Å². The molecule has 1 unspecified atom stereocenters. The highest BCUT2D eigenvalue weighted by Crippen LogP contribution is 2.11. The molecule has 2 N–H and O–H groups in total. The van der Waals surface area contributed by atoms with E-state index < -0.39 is 0 Å². The van der Waals surface area contributed by atoms with Gasteiger partial charge in [0.25, 0.3) is 0 Å². The van der Waals surface area contributed by atoms with Gasteiger partial charge in [-0.3, -0.25) is 4.79 Å². The Bertz CT molecular complexity index is 370. The zero-order valence-corrected chi connectivity index (χ0v) is 10.2. The first-order valence-corrected chi connectivity index (χ1v) is 6.19. The molecule has 1 aromatic heterocycles. The molecule has 0 spiro atoms. The van der Waals surface area contributed by atoms with Crippen molar-refractivity contribution in [2.24, 2.45) is 5.92 Å². The summed E-state index contributed by atoms with van der Waals surface area (Å²) in [6.45, 7) is 4.37. The molecule has 5 heteroatoms. The normalized spacial score (nSPS) is 19.5. The molecule has 17 heavy (non-hydrogen) atoms. The molecule has 1 amide bonds. The number of hydrogen-bond donors (Lipinski definition) is 2. The van der Waals surface area contributed by atoms with Gasteiger partial charge in [0.05, 0.1) is 12.7 Å². The molecule has 0 saturated carbocycles. The van der Waals surface area contributed by atoms with Crippen LogP contribution in [0.15, 0.2) is 10.6 Å². The fourth-order valence-electron chi connectivity index (χ4n) is 1.99. The van der Waals surface area contributed by atoms with Crippen LogP contribution < -0.4 is 10.6 Å². The van der Waals surface area contributed by atoms with Crippen molar-refractivity contribution in [1.82, 2.24) is 15.6 Å². The number of nitrogens with zero attached hydrogens (tertiary/aromatic N) is 1. The maximum absolute atomic E-state index is 11.6. The molecule has 1 fully saturated rings. The van der Waals surface area contributed by atoms with Gasteiger partial charge in [0.15, 0.2) is 0 Å². The monoisotopic (exact) mass is 237 g/mol. The van der Waals surface area contributed by atoms with Gasteiger partial charge in [0, 0.05) is 12.8 Å². The van der Waals surface area contributed by atoms with Crippen molar-refractivity contribution in [2.45, 2.75) is 32.7 Å². The van der Waals surface area contributed by atoms with E-state index in [1.807, 2.05) is 6.92 Å². The lowest BCUT2D eigenvalue weighted by molar-refractivity contribution is -0.122. The summed E-state index contributed by atoms with van der Waals surface area (Å²) in [4.78, 5) is 15.7. The summed E-state index contributed by atoms with van der Waals surface area (Å²) in [6, 6.07) is 0. The summed E-state index contributed by atoms with van der Waals surface area (Å²) < 4.78 is 5.42. The fourth-order valence-corrected chi connectivity index (χ4v) is 1.99. The topological polar surface area (TPSA) is 67.2 Å². The van der Waals surface area contributed by atoms with Crippen LogP contribution in [0.3, 0.4) is 0 Å². The SMILES string of the molecule is CCc1cnc(CNC(=O)CC2CCNC2)o1. The van der Waals surface area contributed by atoms with Gasteiger partial charge in [-0.25, -0.2) is 4.98 Å². The van der Waals surface area contributed by atoms with Crippen LogP contribution in [-0.2, 0) is 17.8 Å². The Morgan fingerprint density at radius 3 is 3.24 bits per heavy atom. The Hall–Kier alpha value is -1.36. The highest BCUT2D eigenvalue weighted by atomic mass is 16.4. The molecule has 5 nitrogen and oxygen atoms in total. The van der Waals surface area contributed by atoms with Crippen LogP contribution in [0.2, 0.25) is 0 Å². The Labute approximate surface area is 101 Å². The zero-order chi connectivity index (χ0) is 12.1. The second-order valence-corrected chi connectivity index (χ2v) is 4.41. The number of oxazole rings is 1. The molecule has 0 bridgehead atoms. The van der Waals surface area contributed by atoms with Crippen LogP contribution in [0, 0.1) is 5.92 Å². The summed E-state index contributed by atoms with van der Waals surface area (Å²) in [5.41, 5.74) is 0. The molecule has 94 valence electrons. The predicted octanol–water partition coefficient (Wildman–Crippen LogP) is 0.853. The Kier molecular flexibility index (Phi) is 4.14. The van der Waals surface area contributed by atoms with Gasteiger partial charge in [0.2, 0.25) is 11.8 Å². The smallest absolute Gasteiger partial charge is 0.220 e. The summed E-state index contributed by atoms with van der Waals surface area (Å²) in [7, 11) is 0. The average Bonchev–Trinajstić information content (AvgIpc) is 2.96. The average molecular weight is 237 g/mol. The van der Waals surface area contributed by atoms with E-state index in [0.717, 1.165) is 31.7 Å². The van der Waals surface area contributed by atoms with Crippen molar-refractivity contribution in [3.63, 3.8) is 0 Å². The lowest BCUT2D eigenvalue weighted by atomic mass is 10.0. The van der Waals surface area contributed by atoms with E-state index in [0.29, 0.717) is 24.8 Å². The minimum atomic E-state index is 0.0787. The summed E-state index contributed by atoms with van der Waals surface area (Å²) in [5, 5.41) is 6.09. The van der Waals surface area contributed by atoms with Gasteiger partial charge in [-0.05, 0) is 25.4 Å². The van der Waals surface area contributed by atoms with E-state index in [-0.39, 0.29) is 5.91 Å². The number of carbonyl (C=O) groups is 1. The number of nitrogens with one attached hydrogen (secondary N) is 2. The summed E-state index contributed by atoms with van der Waals surface area (Å²) >= 11 is 0. The Morgan fingerprint density at radius 2 is 2.59 bits per heavy atom. The van der Waals surface area contributed by atoms with Crippen molar-refractivity contribution in [3.8, 4) is 0 Å². The molecule has 2 heterocycles. The van der Waals surface area contributed by atoms with Gasteiger partial charge in [-0.1, -0.05) is 6.92 Å². The van der Waals surface area contributed by atoms with Gasteiger partial charge in [-0.2, -0.15) is 0 Å². The standard InChI is InChI=1S/C12H19N3O2/c1-2-10-7-15-12(17-10)8-14-11(16)5-9-3-4-13-6-9/h7,9,13H,2-6,8H2,1H3,(H,14,16). The highest BCUT2D eigenvalue weighted by Gasteiger charge is 2.18. The van der Waals surface area contributed by atoms with Gasteiger partial charge < -0.3 is 15.1 Å². The zero-order valence-electron chi connectivity index (χ0n) is 10.2. The Morgan fingerprint density at radius 1 is 1.71 bits per heavy atom. The molecule has 0 aromatic carbocycles. The number of aromatic nitrogens is 1. The fraction of sp³-hybridized carbons (Fsp3) is 0.667. The molecule has 0 aliphatic carbocycles. The van der Waals surface area contributed by atoms with E-state index in [4.69, 9.17) is 4.42 Å². The highest BCUT2D eigenvalue weighted by molar-refractivity contribution is 5.76. The third-order valence-electron chi connectivity index (χ3n) is 3.02. The van der Waals surface area contributed by atoms with Crippen molar-refractivity contribution >= 4 is 5.91 Å². The first kappa shape index (κ1) is 12.1. The van der Waals surface area contributed by atoms with E-state index >= 15 is 0 Å². The molecule has 1 aromatic rings. The maximum atomic E-state index is 11.6. The van der Waals surface area contributed by atoms with E-state index in [9.17, 15) is 4.79 Å². The quantitative estimate of drug-likeness (QED) is 0.797. The Balaban J connectivity index is 1.71. The number of carbonyl (C=O) groups excluding carboxylic acids is 1. The maximum Gasteiger partial charge on any atom is 0.220 e. The van der Waals surface area contributed by atoms with Crippen LogP contribution in [0.4, 0.5) is 0 Å². The number of hydrogen-bond acceptors (Lipinski definition) is 4. The van der Waals surface area contributed by atoms with Gasteiger partial charge in [-0.15, -0.1) is 0 Å². The first-order valence-electron chi connectivity index (χ1n) is 6.19. The number of rotatable bonds is 5. The second kappa shape index (κ2) is 5.82. The van der Waals surface area contributed by atoms with Crippen LogP contribution >= 0.6 is 0 Å². The van der Waals surface area contributed by atoms with Crippen molar-refractivity contribution < 1.29 is 9.21 Å². The lowest BCUT2D eigenvalue weighted by Gasteiger charge is -2.07. The summed E-state index contributed by atoms with van der Waals surface area (Å²) in [6.07, 6.45) is 4.22. The molecule has 2 rings (SSSR count). The largest absolute Gasteiger partial charge is 0.444 e. The van der Waals surface area contributed by atoms with E-state index in [2.05, 4.69) is 15.6 Å². The molecule has 0 radical (unpaired) electrons. The molecular formula is C12H19N3O2. The van der Waals surface area contributed by atoms with E-state index in [1.54, 1.807) is 6.20 Å². The van der Waals surface area contributed by atoms with Crippen LogP contribution in [0.5, 0.6) is 0 Å². The minimum Gasteiger partial charge on any atom is -0.444 e. The molecular weight excluding hydrogens is 218 g/mol. The third kappa shape index (κ3) is 3.56. The lowest BCUT2D eigenvalue weighted by Crippen LogP contribution is -2.25. The number of aryl methyl sites for hydroxylation is 1. The molecule has 1 aliphatic heterocycles. The predicted molar refractivity (Wildman–Crippen MR) is 63.3 cm³/mol. The second-order valence-electron chi connectivity index (χ2n) is 4.41. The van der Waals surface area contributed by atoms with Crippen molar-refractivity contribution in [3.05, 3.63) is 17.8 Å². The third-order valence-corrected chi connectivity index (χ3v) is 3.02. The molecule has 1 aliphatic rings. The van der Waals surface area contributed by atoms with Crippen molar-refractivity contribution in [2.75, 3.05) is 13.1 Å². The van der Waals surface area contributed by atoms with Crippen LogP contribution in [-0.4, -0.2) is 24.0 Å². The molecule has 1 saturated heterocycles.